The number of nitrogens with one attached hydrogen (secondary N) is 1. The van der Waals surface area contributed by atoms with Gasteiger partial charge in [0.05, 0.1) is 18.7 Å². The van der Waals surface area contributed by atoms with Gasteiger partial charge in [0, 0.05) is 19.0 Å². The fourth-order valence-electron chi connectivity index (χ4n) is 2.88. The van der Waals surface area contributed by atoms with Gasteiger partial charge in [0.15, 0.2) is 0 Å². The molecule has 2 amide bonds. The van der Waals surface area contributed by atoms with E-state index in [1.807, 2.05) is 67.6 Å². The summed E-state index contributed by atoms with van der Waals surface area (Å²) >= 11 is 1.09. The third-order valence-corrected chi connectivity index (χ3v) is 5.79. The van der Waals surface area contributed by atoms with Gasteiger partial charge in [-0.3, -0.25) is 9.59 Å². The maximum Gasteiger partial charge on any atom is 0.286 e. The Bertz CT molecular complexity index is 1050. The summed E-state index contributed by atoms with van der Waals surface area (Å²) in [6.45, 7) is 1.88. The largest absolute Gasteiger partial charge is 0.497 e. The fraction of sp³-hybridized carbons (Fsp3) is 0.217. The molecule has 6 heteroatoms. The Morgan fingerprint density at radius 3 is 2.41 bits per heavy atom. The molecule has 1 atom stereocenters. The molecule has 0 saturated heterocycles. The van der Waals surface area contributed by atoms with Crippen LogP contribution in [-0.2, 0) is 4.79 Å². The van der Waals surface area contributed by atoms with E-state index in [9.17, 15) is 9.59 Å². The second-order valence-corrected chi connectivity index (χ2v) is 7.94. The number of fused-ring (bicyclic) bond motifs is 1. The van der Waals surface area contributed by atoms with Crippen LogP contribution < -0.4 is 10.1 Å². The van der Waals surface area contributed by atoms with Crippen LogP contribution >= 0.6 is 11.8 Å². The molecule has 3 aromatic rings. The van der Waals surface area contributed by atoms with Gasteiger partial charge in [0.25, 0.3) is 5.24 Å². The number of hydrogen-bond acceptors (Lipinski definition) is 4. The maximum atomic E-state index is 12.9. The highest BCUT2D eigenvalue weighted by atomic mass is 32.2. The summed E-state index contributed by atoms with van der Waals surface area (Å²) in [5.41, 5.74) is 1.56. The maximum absolute atomic E-state index is 12.9. The Morgan fingerprint density at radius 1 is 1.00 bits per heavy atom. The molecule has 0 aliphatic heterocycles. The molecule has 0 bridgehead atoms. The van der Waals surface area contributed by atoms with Gasteiger partial charge in [-0.2, -0.15) is 0 Å². The first-order chi connectivity index (χ1) is 13.9. The Labute approximate surface area is 175 Å². The molecule has 29 heavy (non-hydrogen) atoms. The molecule has 0 spiro atoms. The molecular weight excluding hydrogens is 384 g/mol. The lowest BCUT2D eigenvalue weighted by Gasteiger charge is -2.16. The van der Waals surface area contributed by atoms with Crippen molar-refractivity contribution < 1.29 is 14.3 Å². The first-order valence-corrected chi connectivity index (χ1v) is 10.1. The number of nitrogens with zero attached hydrogens (tertiary/aromatic N) is 1. The van der Waals surface area contributed by atoms with Gasteiger partial charge >= 0.3 is 0 Å². The molecule has 5 nitrogen and oxygen atoms in total. The normalized spacial score (nSPS) is 11.7. The number of ether oxygens (including phenoxy) is 1. The number of para-hydroxylation sites is 1. The zero-order chi connectivity index (χ0) is 21.0. The molecule has 0 heterocycles. The van der Waals surface area contributed by atoms with Crippen LogP contribution in [0, 0.1) is 0 Å². The molecule has 0 saturated carbocycles. The Kier molecular flexibility index (Phi) is 6.44. The van der Waals surface area contributed by atoms with Crippen molar-refractivity contribution in [2.45, 2.75) is 17.7 Å². The van der Waals surface area contributed by atoms with Crippen molar-refractivity contribution in [1.82, 2.24) is 4.90 Å². The van der Waals surface area contributed by atoms with Crippen molar-refractivity contribution in [2.75, 3.05) is 26.5 Å². The number of hydrogen-bond donors (Lipinski definition) is 1. The Balaban J connectivity index is 1.79. The molecule has 0 aromatic heterocycles. The van der Waals surface area contributed by atoms with E-state index >= 15 is 0 Å². The monoisotopic (exact) mass is 408 g/mol. The Morgan fingerprint density at radius 2 is 1.69 bits per heavy atom. The molecule has 3 rings (SSSR count). The number of carbonyl (C=O) groups is 2. The molecule has 0 fully saturated rings. The SMILES string of the molecule is COc1ccc2cc([C@H](C)C(=O)Nc3ccccc3SC(=O)N(C)C)ccc2c1. The number of amides is 2. The average Bonchev–Trinajstić information content (AvgIpc) is 2.73. The van der Waals surface area contributed by atoms with Crippen molar-refractivity contribution in [2.24, 2.45) is 0 Å². The van der Waals surface area contributed by atoms with Crippen molar-refractivity contribution in [3.8, 4) is 5.75 Å². The van der Waals surface area contributed by atoms with Crippen molar-refractivity contribution in [3.63, 3.8) is 0 Å². The number of methoxy groups -OCH3 is 1. The molecule has 0 aliphatic carbocycles. The van der Waals surface area contributed by atoms with E-state index in [0.29, 0.717) is 5.69 Å². The number of thioether (sulfide) groups is 1. The number of carbonyl (C=O) groups excluding carboxylic acids is 2. The summed E-state index contributed by atoms with van der Waals surface area (Å²) in [5.74, 6) is 0.338. The minimum absolute atomic E-state index is 0.0929. The lowest BCUT2D eigenvalue weighted by atomic mass is 9.97. The molecule has 0 unspecified atom stereocenters. The minimum Gasteiger partial charge on any atom is -0.497 e. The summed E-state index contributed by atoms with van der Waals surface area (Å²) < 4.78 is 5.26. The third-order valence-electron chi connectivity index (χ3n) is 4.67. The van der Waals surface area contributed by atoms with Gasteiger partial charge in [0.2, 0.25) is 5.91 Å². The van der Waals surface area contributed by atoms with Crippen LogP contribution in [-0.4, -0.2) is 37.3 Å². The zero-order valence-electron chi connectivity index (χ0n) is 16.9. The molecule has 0 radical (unpaired) electrons. The van der Waals surface area contributed by atoms with Crippen molar-refractivity contribution in [3.05, 3.63) is 66.2 Å². The zero-order valence-corrected chi connectivity index (χ0v) is 17.7. The first kappa shape index (κ1) is 20.7. The fourth-order valence-corrected chi connectivity index (χ4v) is 3.62. The van der Waals surface area contributed by atoms with Crippen LogP contribution in [0.3, 0.4) is 0 Å². The molecule has 0 aliphatic rings. The third kappa shape index (κ3) is 4.90. The second-order valence-electron chi connectivity index (χ2n) is 6.94. The number of benzene rings is 3. The van der Waals surface area contributed by atoms with Gasteiger partial charge in [-0.25, -0.2) is 0 Å². The number of anilines is 1. The summed E-state index contributed by atoms with van der Waals surface area (Å²) in [6, 6.07) is 19.2. The van der Waals surface area contributed by atoms with Crippen LogP contribution in [0.2, 0.25) is 0 Å². The number of rotatable bonds is 5. The van der Waals surface area contributed by atoms with Gasteiger partial charge in [-0.05, 0) is 59.3 Å². The Hall–Kier alpha value is -2.99. The average molecular weight is 409 g/mol. The highest BCUT2D eigenvalue weighted by molar-refractivity contribution is 8.13. The highest BCUT2D eigenvalue weighted by Crippen LogP contribution is 2.30. The lowest BCUT2D eigenvalue weighted by Crippen LogP contribution is -2.20. The molecule has 1 N–H and O–H groups in total. The topological polar surface area (TPSA) is 58.6 Å². The quantitative estimate of drug-likeness (QED) is 0.577. The minimum atomic E-state index is -0.343. The van der Waals surface area contributed by atoms with Crippen molar-refractivity contribution in [1.29, 1.82) is 0 Å². The van der Waals surface area contributed by atoms with Crippen LogP contribution in [0.1, 0.15) is 18.4 Å². The lowest BCUT2D eigenvalue weighted by molar-refractivity contribution is -0.117. The van der Waals surface area contributed by atoms with Crippen molar-refractivity contribution >= 4 is 39.4 Å². The van der Waals surface area contributed by atoms with Crippen LogP contribution in [0.5, 0.6) is 5.75 Å². The van der Waals surface area contributed by atoms with Gasteiger partial charge in [-0.1, -0.05) is 36.4 Å². The summed E-state index contributed by atoms with van der Waals surface area (Å²) in [4.78, 5) is 27.2. The van der Waals surface area contributed by atoms with E-state index in [2.05, 4.69) is 5.32 Å². The summed E-state index contributed by atoms with van der Waals surface area (Å²) in [6.07, 6.45) is 0. The molecule has 150 valence electrons. The predicted molar refractivity (Wildman–Crippen MR) is 119 cm³/mol. The van der Waals surface area contributed by atoms with Gasteiger partial charge in [-0.15, -0.1) is 0 Å². The summed E-state index contributed by atoms with van der Waals surface area (Å²) in [7, 11) is 5.05. The van der Waals surface area contributed by atoms with E-state index in [1.54, 1.807) is 21.2 Å². The van der Waals surface area contributed by atoms with Gasteiger partial charge < -0.3 is 15.0 Å². The smallest absolute Gasteiger partial charge is 0.286 e. The van der Waals surface area contributed by atoms with E-state index < -0.39 is 0 Å². The first-order valence-electron chi connectivity index (χ1n) is 9.26. The van der Waals surface area contributed by atoms with E-state index in [4.69, 9.17) is 4.74 Å². The standard InChI is InChI=1S/C23H24N2O3S/c1-15(16-9-10-18-14-19(28-4)12-11-17(18)13-16)22(26)24-20-7-5-6-8-21(20)29-23(27)25(2)3/h5-15H,1-4H3,(H,24,26)/t15-/m0/s1. The molecular formula is C23H24N2O3S. The van der Waals surface area contributed by atoms with E-state index in [1.165, 1.54) is 4.90 Å². The van der Waals surface area contributed by atoms with Gasteiger partial charge in [0.1, 0.15) is 5.75 Å². The van der Waals surface area contributed by atoms with Crippen LogP contribution in [0.15, 0.2) is 65.6 Å². The molecule has 3 aromatic carbocycles. The predicted octanol–water partition coefficient (Wildman–Crippen LogP) is 5.36. The van der Waals surface area contributed by atoms with Crippen LogP contribution in [0.4, 0.5) is 10.5 Å². The van der Waals surface area contributed by atoms with E-state index in [-0.39, 0.29) is 17.1 Å². The van der Waals surface area contributed by atoms with E-state index in [0.717, 1.165) is 38.7 Å². The highest BCUT2D eigenvalue weighted by Gasteiger charge is 2.18. The van der Waals surface area contributed by atoms with Crippen LogP contribution in [0.25, 0.3) is 10.8 Å². The second kappa shape index (κ2) is 9.01. The summed E-state index contributed by atoms with van der Waals surface area (Å²) in [5, 5.41) is 4.99.